The van der Waals surface area contributed by atoms with E-state index >= 15 is 0 Å². The Kier molecular flexibility index (Phi) is 18.4. The molecule has 1 aliphatic heterocycles. The second kappa shape index (κ2) is 23.4. The molecule has 1 aliphatic rings. The minimum Gasteiger partial charge on any atom is -0.508 e. The third-order valence-corrected chi connectivity index (χ3v) is 11.9. The SMILES string of the molecule is CCC(C)[C@H]1NC(=O)[C@@H](NC(=O)N[C@H](C(=O)O)[C@H](C)CC)CCCCNC(=O)[C@H](Cc2ccccc2)NC(=O)[C@H](Cc2c[nH]c3ccc(O)cc23)N(C)C(=O)[C@H](CC(C)C)NC1=O. The van der Waals surface area contributed by atoms with Gasteiger partial charge in [-0.1, -0.05) is 84.7 Å². The number of aliphatic carboxylic acids is 1. The summed E-state index contributed by atoms with van der Waals surface area (Å²) in [4.78, 5) is 101. The van der Waals surface area contributed by atoms with E-state index in [1.165, 1.54) is 18.0 Å². The molecule has 63 heavy (non-hydrogen) atoms. The number of carbonyl (C=O) groups is 7. The van der Waals surface area contributed by atoms with Crippen LogP contribution in [0.15, 0.2) is 54.7 Å². The minimum atomic E-state index is -1.23. The Balaban J connectivity index is 1.76. The van der Waals surface area contributed by atoms with Gasteiger partial charge in [-0.25, -0.2) is 9.59 Å². The van der Waals surface area contributed by atoms with Crippen LogP contribution in [0, 0.1) is 17.8 Å². The molecule has 1 unspecified atom stereocenters. The number of aromatic hydroxyl groups is 1. The summed E-state index contributed by atoms with van der Waals surface area (Å²) in [5.41, 5.74) is 2.10. The van der Waals surface area contributed by atoms with Gasteiger partial charge in [-0.05, 0) is 72.8 Å². The maximum absolute atomic E-state index is 14.7. The monoisotopic (exact) mass is 874 g/mol. The van der Waals surface area contributed by atoms with Gasteiger partial charge in [0.05, 0.1) is 0 Å². The average Bonchev–Trinajstić information content (AvgIpc) is 3.65. The van der Waals surface area contributed by atoms with Crippen LogP contribution in [0.2, 0.25) is 0 Å². The van der Waals surface area contributed by atoms with Crippen molar-refractivity contribution in [2.24, 2.45) is 17.8 Å². The standard InChI is InChI=1S/C46H66N8O9/c1-8-27(5)38-43(59)50-36(21-26(3)4)44(60)54(7)37(23-30-25-48-33-19-18-31(55)24-32(30)33)42(58)49-35(22-29-15-11-10-12-16-29)40(56)47-20-14-13-17-34(41(57)52-38)51-46(63)53-39(45(61)62)28(6)9-2/h10-12,15-16,18-19,24-28,34-39,48,55H,8-9,13-14,17,20-23H2,1-7H3,(H,47,56)(H,49,58)(H,50,59)(H,52,57)(H,61,62)(H2,51,53,63)/t27?,28-,34+,35+,36+,37+,38-,39+/m1/s1. The van der Waals surface area contributed by atoms with Gasteiger partial charge in [-0.15, -0.1) is 0 Å². The molecule has 17 heteroatoms. The Morgan fingerprint density at radius 3 is 2.19 bits per heavy atom. The van der Waals surface area contributed by atoms with Crippen molar-refractivity contribution in [2.45, 2.75) is 129 Å². The predicted molar refractivity (Wildman–Crippen MR) is 238 cm³/mol. The number of amides is 7. The summed E-state index contributed by atoms with van der Waals surface area (Å²) in [5, 5.41) is 37.4. The molecule has 7 amide bonds. The van der Waals surface area contributed by atoms with Gasteiger partial charge in [-0.2, -0.15) is 0 Å². The van der Waals surface area contributed by atoms with Crippen LogP contribution in [0.1, 0.15) is 91.2 Å². The first-order valence-electron chi connectivity index (χ1n) is 22.0. The number of phenols is 1. The molecule has 2 aromatic carbocycles. The number of benzene rings is 2. The first kappa shape index (κ1) is 49.5. The zero-order valence-corrected chi connectivity index (χ0v) is 37.5. The number of nitrogens with zero attached hydrogens (tertiary/aromatic N) is 1. The number of phenolic OH excluding ortho intramolecular Hbond substituents is 1. The highest BCUT2D eigenvalue weighted by Gasteiger charge is 2.38. The van der Waals surface area contributed by atoms with Gasteiger partial charge in [-0.3, -0.25) is 24.0 Å². The third-order valence-electron chi connectivity index (χ3n) is 11.9. The van der Waals surface area contributed by atoms with Gasteiger partial charge < -0.3 is 52.0 Å². The van der Waals surface area contributed by atoms with Crippen LogP contribution in [0.25, 0.3) is 10.9 Å². The Bertz CT molecular complexity index is 2060. The van der Waals surface area contributed by atoms with E-state index < -0.39 is 89.6 Å². The maximum atomic E-state index is 14.7. The molecule has 2 heterocycles. The van der Waals surface area contributed by atoms with Crippen molar-refractivity contribution in [2.75, 3.05) is 13.6 Å². The summed E-state index contributed by atoms with van der Waals surface area (Å²) in [6.45, 7) is 11.0. The Morgan fingerprint density at radius 1 is 0.841 bits per heavy atom. The number of fused-ring (bicyclic) bond motifs is 1. The number of carboxylic acids is 1. The summed E-state index contributed by atoms with van der Waals surface area (Å²) in [6.07, 6.45) is 3.67. The topological polar surface area (TPSA) is 251 Å². The van der Waals surface area contributed by atoms with Crippen molar-refractivity contribution in [3.8, 4) is 5.75 Å². The lowest BCUT2D eigenvalue weighted by molar-refractivity contribution is -0.143. The fraction of sp³-hybridized carbons (Fsp3) is 0.543. The molecule has 0 saturated carbocycles. The molecule has 1 fully saturated rings. The molecule has 1 saturated heterocycles. The molecule has 17 nitrogen and oxygen atoms in total. The van der Waals surface area contributed by atoms with E-state index in [2.05, 4.69) is 36.9 Å². The van der Waals surface area contributed by atoms with Gasteiger partial charge in [0.1, 0.15) is 42.0 Å². The number of aromatic amines is 1. The zero-order valence-electron chi connectivity index (χ0n) is 37.5. The summed E-state index contributed by atoms with van der Waals surface area (Å²) in [6, 6.07) is 6.10. The number of aromatic nitrogens is 1. The largest absolute Gasteiger partial charge is 0.508 e. The lowest BCUT2D eigenvalue weighted by Crippen LogP contribution is -2.61. The number of nitrogens with one attached hydrogen (secondary N) is 7. The normalized spacial score (nSPS) is 22.6. The number of hydrogen-bond acceptors (Lipinski definition) is 8. The molecule has 1 aromatic heterocycles. The van der Waals surface area contributed by atoms with Crippen LogP contribution in [0.3, 0.4) is 0 Å². The summed E-state index contributed by atoms with van der Waals surface area (Å²) in [7, 11) is 1.47. The highest BCUT2D eigenvalue weighted by Crippen LogP contribution is 2.25. The number of urea groups is 1. The second-order valence-corrected chi connectivity index (χ2v) is 17.2. The van der Waals surface area contributed by atoms with Crippen LogP contribution in [-0.4, -0.2) is 111 Å². The number of hydrogen-bond donors (Lipinski definition) is 9. The number of rotatable bonds is 13. The van der Waals surface area contributed by atoms with E-state index in [9.17, 15) is 43.8 Å². The first-order valence-corrected chi connectivity index (χ1v) is 22.0. The minimum absolute atomic E-state index is 0.0128. The fourth-order valence-corrected chi connectivity index (χ4v) is 7.69. The molecular weight excluding hydrogens is 809 g/mol. The quantitative estimate of drug-likeness (QED) is 0.122. The van der Waals surface area contributed by atoms with Crippen molar-refractivity contribution in [3.63, 3.8) is 0 Å². The number of carbonyl (C=O) groups excluding carboxylic acids is 6. The molecule has 3 aromatic rings. The number of H-pyrrole nitrogens is 1. The van der Waals surface area contributed by atoms with Gasteiger partial charge in [0.2, 0.25) is 29.5 Å². The Morgan fingerprint density at radius 2 is 1.54 bits per heavy atom. The highest BCUT2D eigenvalue weighted by atomic mass is 16.4. The van der Waals surface area contributed by atoms with Crippen LogP contribution >= 0.6 is 0 Å². The fourth-order valence-electron chi connectivity index (χ4n) is 7.69. The van der Waals surface area contributed by atoms with E-state index in [1.54, 1.807) is 39.1 Å². The predicted octanol–water partition coefficient (Wildman–Crippen LogP) is 3.50. The van der Waals surface area contributed by atoms with E-state index in [0.717, 1.165) is 5.56 Å². The summed E-state index contributed by atoms with van der Waals surface area (Å²) in [5.74, 6) is -5.16. The van der Waals surface area contributed by atoms with E-state index in [0.29, 0.717) is 42.1 Å². The smallest absolute Gasteiger partial charge is 0.326 e. The van der Waals surface area contributed by atoms with E-state index in [4.69, 9.17) is 0 Å². The van der Waals surface area contributed by atoms with Crippen molar-refractivity contribution < 1.29 is 43.8 Å². The highest BCUT2D eigenvalue weighted by molar-refractivity contribution is 5.97. The molecule has 4 rings (SSSR count). The number of likely N-dealkylation sites (N-methyl/N-ethyl adjacent to an activating group) is 1. The Hall–Kier alpha value is -6.13. The van der Waals surface area contributed by atoms with Crippen molar-refractivity contribution in [1.82, 2.24) is 41.8 Å². The van der Waals surface area contributed by atoms with E-state index in [-0.39, 0.29) is 43.9 Å². The molecule has 8 atom stereocenters. The lowest BCUT2D eigenvalue weighted by Gasteiger charge is -2.33. The molecular formula is C46H66N8O9. The van der Waals surface area contributed by atoms with Crippen LogP contribution in [0.5, 0.6) is 5.75 Å². The average molecular weight is 875 g/mol. The molecule has 0 bridgehead atoms. The third kappa shape index (κ3) is 13.9. The molecule has 0 aliphatic carbocycles. The van der Waals surface area contributed by atoms with Gasteiger partial charge in [0, 0.05) is 43.5 Å². The van der Waals surface area contributed by atoms with E-state index in [1.807, 2.05) is 51.1 Å². The second-order valence-electron chi connectivity index (χ2n) is 17.2. The summed E-state index contributed by atoms with van der Waals surface area (Å²) < 4.78 is 0. The molecule has 0 spiro atoms. The molecule has 0 radical (unpaired) electrons. The number of carboxylic acid groups (broad SMARTS) is 1. The van der Waals surface area contributed by atoms with Gasteiger partial charge in [0.25, 0.3) is 0 Å². The van der Waals surface area contributed by atoms with Crippen LogP contribution < -0.4 is 31.9 Å². The maximum Gasteiger partial charge on any atom is 0.326 e. The van der Waals surface area contributed by atoms with Crippen LogP contribution in [-0.2, 0) is 41.6 Å². The lowest BCUT2D eigenvalue weighted by atomic mass is 9.95. The summed E-state index contributed by atoms with van der Waals surface area (Å²) >= 11 is 0. The van der Waals surface area contributed by atoms with Gasteiger partial charge >= 0.3 is 12.0 Å². The van der Waals surface area contributed by atoms with Crippen molar-refractivity contribution >= 4 is 52.4 Å². The molecule has 344 valence electrons. The van der Waals surface area contributed by atoms with Crippen LogP contribution in [0.4, 0.5) is 4.79 Å². The Labute approximate surface area is 369 Å². The first-order chi connectivity index (χ1) is 29.9. The molecule has 9 N–H and O–H groups in total. The van der Waals surface area contributed by atoms with Crippen molar-refractivity contribution in [1.29, 1.82) is 0 Å². The van der Waals surface area contributed by atoms with Gasteiger partial charge in [0.15, 0.2) is 0 Å². The zero-order chi connectivity index (χ0) is 46.4. The van der Waals surface area contributed by atoms with Crippen molar-refractivity contribution in [3.05, 3.63) is 65.9 Å².